The van der Waals surface area contributed by atoms with Crippen molar-refractivity contribution in [3.63, 3.8) is 0 Å². The predicted molar refractivity (Wildman–Crippen MR) is 171 cm³/mol. The maximum atomic E-state index is 12.6. The van der Waals surface area contributed by atoms with Crippen LogP contribution in [0.15, 0.2) is 48.5 Å². The molecule has 1 aliphatic carbocycles. The van der Waals surface area contributed by atoms with Crippen LogP contribution in [0.4, 0.5) is 0 Å². The smallest absolute Gasteiger partial charge is 0.307 e. The molecule has 8 nitrogen and oxygen atoms in total. The third kappa shape index (κ3) is 12.0. The number of carboxylic acids is 1. The minimum atomic E-state index is -0.998. The number of benzene rings is 2. The summed E-state index contributed by atoms with van der Waals surface area (Å²) in [4.78, 5) is 36.1. The van der Waals surface area contributed by atoms with Gasteiger partial charge in [-0.05, 0) is 68.7 Å². The molecule has 0 spiro atoms. The van der Waals surface area contributed by atoms with E-state index < -0.39 is 29.7 Å². The molecular formula is C36H51NO7. The minimum absolute atomic E-state index is 0.00571. The van der Waals surface area contributed by atoms with Gasteiger partial charge >= 0.3 is 17.9 Å². The van der Waals surface area contributed by atoms with Crippen LogP contribution in [0, 0.1) is 5.92 Å². The molecule has 0 fully saturated rings. The van der Waals surface area contributed by atoms with Crippen LogP contribution in [0.3, 0.4) is 0 Å². The quantitative estimate of drug-likeness (QED) is 0.0836. The third-order valence-electron chi connectivity index (χ3n) is 8.05. The van der Waals surface area contributed by atoms with Gasteiger partial charge in [0.05, 0.1) is 5.92 Å². The van der Waals surface area contributed by atoms with E-state index >= 15 is 0 Å². The highest BCUT2D eigenvalue weighted by Gasteiger charge is 2.29. The van der Waals surface area contributed by atoms with Crippen LogP contribution >= 0.6 is 0 Å². The molecule has 0 aromatic heterocycles. The predicted octanol–water partition coefficient (Wildman–Crippen LogP) is 6.97. The van der Waals surface area contributed by atoms with Gasteiger partial charge in [-0.3, -0.25) is 19.7 Å². The summed E-state index contributed by atoms with van der Waals surface area (Å²) in [7, 11) is 0. The summed E-state index contributed by atoms with van der Waals surface area (Å²) in [6, 6.07) is 16.3. The van der Waals surface area contributed by atoms with Gasteiger partial charge in [0, 0.05) is 25.3 Å². The van der Waals surface area contributed by atoms with Crippen LogP contribution in [-0.4, -0.2) is 53.1 Å². The summed E-state index contributed by atoms with van der Waals surface area (Å²) in [5.41, 5.74) is 4.16. The lowest BCUT2D eigenvalue weighted by atomic mass is 9.98. The molecule has 0 heterocycles. The summed E-state index contributed by atoms with van der Waals surface area (Å²) in [5, 5.41) is 22.9. The van der Waals surface area contributed by atoms with Gasteiger partial charge in [0.15, 0.2) is 0 Å². The standard InChI is InChI=1S/C36H51NO7/c1-36(2,3)44-34(40)21-11-9-7-5-4-6-8-10-20-32(38)37-24-26(35(41)42)22-23-33(39)43-25-31-29-18-14-12-16-27(29)28-17-13-15-19-30(28)31/h12-19,26,31-32,37-38H,4-11,20-25H2,1-3H3,(H,41,42)/t26-,32?/m0/s1. The fraction of sp³-hybridized carbons (Fsp3) is 0.583. The SMILES string of the molecule is CC(C)(C)OC(=O)CCCCCCCCCCC(O)NC[C@H](CCC(=O)OCC1c2ccccc2-c2ccccc21)C(=O)O. The number of aliphatic carboxylic acids is 1. The molecule has 0 radical (unpaired) electrons. The van der Waals surface area contributed by atoms with Gasteiger partial charge in [-0.15, -0.1) is 0 Å². The Hall–Kier alpha value is -3.23. The molecule has 0 bridgehead atoms. The van der Waals surface area contributed by atoms with Crippen LogP contribution in [-0.2, 0) is 23.9 Å². The van der Waals surface area contributed by atoms with E-state index in [1.54, 1.807) is 0 Å². The summed E-state index contributed by atoms with van der Waals surface area (Å²) in [6.45, 7) is 5.95. The van der Waals surface area contributed by atoms with Crippen LogP contribution in [0.25, 0.3) is 11.1 Å². The van der Waals surface area contributed by atoms with E-state index in [-0.39, 0.29) is 37.9 Å². The Morgan fingerprint density at radius 2 is 1.32 bits per heavy atom. The van der Waals surface area contributed by atoms with Crippen molar-refractivity contribution in [3.8, 4) is 11.1 Å². The summed E-state index contributed by atoms with van der Waals surface area (Å²) in [5.74, 6) is -2.37. The first-order valence-corrected chi connectivity index (χ1v) is 16.2. The molecule has 2 atom stereocenters. The Kier molecular flexibility index (Phi) is 14.4. The first-order chi connectivity index (χ1) is 21.0. The number of carboxylic acid groups (broad SMARTS) is 1. The molecule has 3 N–H and O–H groups in total. The maximum Gasteiger partial charge on any atom is 0.307 e. The van der Waals surface area contributed by atoms with Gasteiger partial charge in [0.1, 0.15) is 18.4 Å². The zero-order valence-corrected chi connectivity index (χ0v) is 26.7. The fourth-order valence-corrected chi connectivity index (χ4v) is 5.73. The molecular weight excluding hydrogens is 558 g/mol. The van der Waals surface area contributed by atoms with Crippen LogP contribution in [0.5, 0.6) is 0 Å². The highest BCUT2D eigenvalue weighted by molar-refractivity contribution is 5.79. The normalized spacial score (nSPS) is 14.0. The summed E-state index contributed by atoms with van der Waals surface area (Å²) >= 11 is 0. The number of fused-ring (bicyclic) bond motifs is 3. The molecule has 2 aromatic carbocycles. The lowest BCUT2D eigenvalue weighted by molar-refractivity contribution is -0.155. The average molecular weight is 610 g/mol. The highest BCUT2D eigenvalue weighted by atomic mass is 16.6. The molecule has 2 aromatic rings. The number of hydrogen-bond acceptors (Lipinski definition) is 7. The molecule has 44 heavy (non-hydrogen) atoms. The number of hydrogen-bond donors (Lipinski definition) is 3. The second kappa shape index (κ2) is 17.9. The van der Waals surface area contributed by atoms with Gasteiger partial charge in [0.2, 0.25) is 0 Å². The molecule has 8 heteroatoms. The zero-order chi connectivity index (χ0) is 32.0. The van der Waals surface area contributed by atoms with Gasteiger partial charge in [-0.1, -0.05) is 87.1 Å². The van der Waals surface area contributed by atoms with E-state index in [1.807, 2.05) is 45.0 Å². The number of nitrogens with one attached hydrogen (secondary N) is 1. The first-order valence-electron chi connectivity index (χ1n) is 16.2. The van der Waals surface area contributed by atoms with E-state index in [9.17, 15) is 24.6 Å². The van der Waals surface area contributed by atoms with Crippen molar-refractivity contribution >= 4 is 17.9 Å². The number of aliphatic hydroxyl groups excluding tert-OH is 1. The van der Waals surface area contributed by atoms with Gasteiger partial charge in [-0.2, -0.15) is 0 Å². The average Bonchev–Trinajstić information content (AvgIpc) is 3.29. The number of esters is 2. The van der Waals surface area contributed by atoms with E-state index in [0.717, 1.165) is 73.6 Å². The van der Waals surface area contributed by atoms with Crippen molar-refractivity contribution in [1.29, 1.82) is 0 Å². The van der Waals surface area contributed by atoms with Crippen LogP contribution in [0.1, 0.15) is 115 Å². The Morgan fingerprint density at radius 3 is 1.89 bits per heavy atom. The van der Waals surface area contributed by atoms with E-state index in [0.29, 0.717) is 12.8 Å². The fourth-order valence-electron chi connectivity index (χ4n) is 5.73. The Bertz CT molecular complexity index is 1160. The van der Waals surface area contributed by atoms with Crippen molar-refractivity contribution in [1.82, 2.24) is 5.32 Å². The molecule has 0 saturated heterocycles. The zero-order valence-electron chi connectivity index (χ0n) is 26.7. The number of carbonyl (C=O) groups excluding carboxylic acids is 2. The largest absolute Gasteiger partial charge is 0.481 e. The monoisotopic (exact) mass is 609 g/mol. The molecule has 0 saturated carbocycles. The lowest BCUT2D eigenvalue weighted by Crippen LogP contribution is -2.36. The topological polar surface area (TPSA) is 122 Å². The van der Waals surface area contributed by atoms with Crippen molar-refractivity contribution < 1.29 is 34.1 Å². The Labute approximate surface area is 262 Å². The van der Waals surface area contributed by atoms with Gasteiger partial charge < -0.3 is 19.7 Å². The van der Waals surface area contributed by atoms with Crippen molar-refractivity contribution in [3.05, 3.63) is 59.7 Å². The lowest BCUT2D eigenvalue weighted by Gasteiger charge is -2.19. The second-order valence-corrected chi connectivity index (χ2v) is 12.9. The second-order valence-electron chi connectivity index (χ2n) is 12.9. The molecule has 0 aliphatic heterocycles. The number of rotatable bonds is 20. The van der Waals surface area contributed by atoms with Gasteiger partial charge in [-0.25, -0.2) is 0 Å². The van der Waals surface area contributed by atoms with Crippen molar-refractivity contribution in [2.75, 3.05) is 13.2 Å². The highest BCUT2D eigenvalue weighted by Crippen LogP contribution is 2.44. The molecule has 0 amide bonds. The van der Waals surface area contributed by atoms with E-state index in [4.69, 9.17) is 9.47 Å². The minimum Gasteiger partial charge on any atom is -0.481 e. The first kappa shape index (κ1) is 35.3. The number of aliphatic hydroxyl groups is 1. The van der Waals surface area contributed by atoms with Crippen molar-refractivity contribution in [2.24, 2.45) is 5.92 Å². The Morgan fingerprint density at radius 1 is 0.773 bits per heavy atom. The van der Waals surface area contributed by atoms with E-state index in [1.165, 1.54) is 0 Å². The van der Waals surface area contributed by atoms with Crippen molar-refractivity contribution in [2.45, 2.75) is 116 Å². The molecule has 242 valence electrons. The van der Waals surface area contributed by atoms with Crippen LogP contribution < -0.4 is 5.32 Å². The summed E-state index contributed by atoms with van der Waals surface area (Å²) in [6.07, 6.45) is 8.54. The maximum absolute atomic E-state index is 12.6. The number of unbranched alkanes of at least 4 members (excludes halogenated alkanes) is 7. The summed E-state index contributed by atoms with van der Waals surface area (Å²) < 4.78 is 10.9. The van der Waals surface area contributed by atoms with Gasteiger partial charge in [0.25, 0.3) is 0 Å². The number of carbonyl (C=O) groups is 3. The Balaban J connectivity index is 1.24. The molecule has 1 unspecified atom stereocenters. The number of ether oxygens (including phenoxy) is 2. The molecule has 1 aliphatic rings. The van der Waals surface area contributed by atoms with E-state index in [2.05, 4.69) is 29.6 Å². The molecule has 3 rings (SSSR count). The van der Waals surface area contributed by atoms with Crippen LogP contribution in [0.2, 0.25) is 0 Å². The third-order valence-corrected chi connectivity index (χ3v) is 8.05.